The lowest BCUT2D eigenvalue weighted by Crippen LogP contribution is -2.63. The number of ether oxygens (including phenoxy) is 1. The predicted octanol–water partition coefficient (Wildman–Crippen LogP) is 6.64. The molecule has 0 aliphatic rings. The molecule has 0 aliphatic heterocycles. The second-order valence-corrected chi connectivity index (χ2v) is 7.16. The Hall–Kier alpha value is -1.25. The zero-order chi connectivity index (χ0) is 22.4. The normalized spacial score (nSPS) is 12.8. The van der Waals surface area contributed by atoms with Crippen molar-refractivity contribution in [3.8, 4) is 0 Å². The summed E-state index contributed by atoms with van der Waals surface area (Å²) in [6, 6.07) is 0. The molecule has 0 aromatic rings. The average Bonchev–Trinajstić information content (AvgIpc) is 2.62. The first-order chi connectivity index (χ1) is 13.5. The average molecular weight is 434 g/mol. The molecule has 1 N–H and O–H groups in total. The van der Waals surface area contributed by atoms with Gasteiger partial charge >= 0.3 is 23.9 Å². The number of allylic oxidation sites excluding steroid dienone is 1. The molecule has 0 aromatic heterocycles. The van der Waals surface area contributed by atoms with E-state index in [4.69, 9.17) is 5.11 Å². The van der Waals surface area contributed by atoms with Crippen LogP contribution >= 0.6 is 0 Å². The Morgan fingerprint density at radius 2 is 1.07 bits per heavy atom. The summed E-state index contributed by atoms with van der Waals surface area (Å²) < 4.78 is 78.9. The third kappa shape index (κ3) is 10.4. The van der Waals surface area contributed by atoms with Crippen molar-refractivity contribution >= 4 is 5.97 Å². The summed E-state index contributed by atoms with van der Waals surface area (Å²) >= 11 is 0. The van der Waals surface area contributed by atoms with Gasteiger partial charge in [0.15, 0.2) is 0 Å². The van der Waals surface area contributed by atoms with E-state index in [0.29, 0.717) is 6.42 Å². The summed E-state index contributed by atoms with van der Waals surface area (Å²) in [5.41, 5.74) is -5.49. The largest absolute Gasteiger partial charge is 0.463 e. The molecule has 0 atom stereocenters. The van der Waals surface area contributed by atoms with Crippen molar-refractivity contribution < 1.29 is 41.0 Å². The summed E-state index contributed by atoms with van der Waals surface area (Å²) in [4.78, 5) is 11.2. The minimum absolute atomic E-state index is 0.141. The van der Waals surface area contributed by atoms with Crippen LogP contribution in [0.25, 0.3) is 0 Å². The minimum Gasteiger partial charge on any atom is -0.463 e. The van der Waals surface area contributed by atoms with Gasteiger partial charge in [-0.2, -0.15) is 26.3 Å². The van der Waals surface area contributed by atoms with Crippen LogP contribution in [0.2, 0.25) is 0 Å². The molecule has 0 aliphatic carbocycles. The van der Waals surface area contributed by atoms with Gasteiger partial charge < -0.3 is 9.84 Å². The van der Waals surface area contributed by atoms with E-state index in [1.54, 1.807) is 0 Å². The third-order valence-corrected chi connectivity index (χ3v) is 4.65. The maximum atomic E-state index is 12.5. The Morgan fingerprint density at radius 3 is 1.41 bits per heavy atom. The van der Waals surface area contributed by atoms with Gasteiger partial charge in [-0.1, -0.05) is 70.3 Å². The molecule has 0 unspecified atom stereocenters. The quantitative estimate of drug-likeness (QED) is 0.128. The van der Waals surface area contributed by atoms with Gasteiger partial charge in [0.25, 0.3) is 0 Å². The number of hydrogen-bond donors (Lipinski definition) is 1. The maximum Gasteiger partial charge on any atom is 0.437 e. The Morgan fingerprint density at radius 1 is 0.724 bits per heavy atom. The van der Waals surface area contributed by atoms with Crippen LogP contribution < -0.4 is 0 Å². The van der Waals surface area contributed by atoms with Crippen LogP contribution in [0.3, 0.4) is 0 Å². The van der Waals surface area contributed by atoms with E-state index < -0.39 is 30.5 Å². The van der Waals surface area contributed by atoms with Crippen molar-refractivity contribution in [3.63, 3.8) is 0 Å². The molecule has 3 nitrogen and oxygen atoms in total. The summed E-state index contributed by atoms with van der Waals surface area (Å²) in [7, 11) is 0. The van der Waals surface area contributed by atoms with Gasteiger partial charge in [-0.25, -0.2) is 4.79 Å². The van der Waals surface area contributed by atoms with E-state index in [-0.39, 0.29) is 6.42 Å². The first-order valence-electron chi connectivity index (χ1n) is 10.1. The van der Waals surface area contributed by atoms with Crippen LogP contribution in [0.4, 0.5) is 26.3 Å². The molecule has 9 heteroatoms. The lowest BCUT2D eigenvalue weighted by atomic mass is 10.0. The van der Waals surface area contributed by atoms with Gasteiger partial charge in [-0.05, 0) is 19.3 Å². The molecule has 0 fully saturated rings. The fourth-order valence-corrected chi connectivity index (χ4v) is 2.82. The van der Waals surface area contributed by atoms with E-state index in [0.717, 1.165) is 38.5 Å². The highest BCUT2D eigenvalue weighted by Gasteiger charge is 2.76. The standard InChI is InChI=1S/C20H32F6O3/c1-2-3-4-5-6-7-8-9-10-11-12-13-14-15-16-29-17(27)18(28,19(21,22)23)20(24,25)26/h2,28H,1,3-16H2. The summed E-state index contributed by atoms with van der Waals surface area (Å²) in [6.07, 6.45) is 2.18. The lowest BCUT2D eigenvalue weighted by molar-refractivity contribution is -0.356. The molecule has 0 aromatic carbocycles. The monoisotopic (exact) mass is 434 g/mol. The molecule has 0 amide bonds. The minimum atomic E-state index is -6.20. The van der Waals surface area contributed by atoms with Crippen molar-refractivity contribution in [2.24, 2.45) is 0 Å². The van der Waals surface area contributed by atoms with Crippen molar-refractivity contribution in [3.05, 3.63) is 12.7 Å². The van der Waals surface area contributed by atoms with E-state index in [2.05, 4.69) is 11.3 Å². The number of carbonyl (C=O) groups excluding carboxylic acids is 1. The van der Waals surface area contributed by atoms with Crippen LogP contribution in [-0.2, 0) is 9.53 Å². The SMILES string of the molecule is C=CCCCCCCCCCCCCCCOC(=O)C(O)(C(F)(F)F)C(F)(F)F. The van der Waals surface area contributed by atoms with Crippen molar-refractivity contribution in [1.29, 1.82) is 0 Å². The predicted molar refractivity (Wildman–Crippen MR) is 98.2 cm³/mol. The zero-order valence-electron chi connectivity index (χ0n) is 16.7. The second-order valence-electron chi connectivity index (χ2n) is 7.16. The van der Waals surface area contributed by atoms with Gasteiger partial charge in [-0.15, -0.1) is 6.58 Å². The molecular formula is C20H32F6O3. The number of esters is 1. The van der Waals surface area contributed by atoms with Crippen LogP contribution in [0.15, 0.2) is 12.7 Å². The Kier molecular flexibility index (Phi) is 13.3. The van der Waals surface area contributed by atoms with Gasteiger partial charge in [-0.3, -0.25) is 0 Å². The number of unbranched alkanes of at least 4 members (excludes halogenated alkanes) is 12. The van der Waals surface area contributed by atoms with Crippen LogP contribution in [0.5, 0.6) is 0 Å². The molecule has 0 heterocycles. The summed E-state index contributed by atoms with van der Waals surface area (Å²) in [5.74, 6) is -2.73. The van der Waals surface area contributed by atoms with Crippen molar-refractivity contribution in [1.82, 2.24) is 0 Å². The first kappa shape index (κ1) is 27.8. The molecule has 0 saturated carbocycles. The van der Waals surface area contributed by atoms with E-state index in [1.165, 1.54) is 32.1 Å². The Bertz CT molecular complexity index is 446. The molecule has 0 radical (unpaired) electrons. The zero-order valence-corrected chi connectivity index (χ0v) is 16.7. The van der Waals surface area contributed by atoms with Crippen LogP contribution in [-0.4, -0.2) is 35.6 Å². The number of hydrogen-bond acceptors (Lipinski definition) is 3. The number of carbonyl (C=O) groups is 1. The Balaban J connectivity index is 3.75. The van der Waals surface area contributed by atoms with Gasteiger partial charge in [0.2, 0.25) is 0 Å². The van der Waals surface area contributed by atoms with Crippen molar-refractivity contribution in [2.45, 2.75) is 101 Å². The highest BCUT2D eigenvalue weighted by molar-refractivity contribution is 5.81. The molecular weight excluding hydrogens is 402 g/mol. The highest BCUT2D eigenvalue weighted by atomic mass is 19.4. The molecule has 172 valence electrons. The molecule has 0 bridgehead atoms. The number of halogens is 6. The van der Waals surface area contributed by atoms with E-state index in [9.17, 15) is 31.1 Å². The third-order valence-electron chi connectivity index (χ3n) is 4.65. The smallest absolute Gasteiger partial charge is 0.437 e. The number of aliphatic hydroxyl groups is 1. The van der Waals surface area contributed by atoms with Crippen LogP contribution in [0, 0.1) is 0 Å². The second kappa shape index (κ2) is 13.9. The number of rotatable bonds is 16. The summed E-state index contributed by atoms with van der Waals surface area (Å²) in [5, 5.41) is 8.84. The van der Waals surface area contributed by atoms with E-state index in [1.807, 2.05) is 6.08 Å². The molecule has 0 rings (SSSR count). The lowest BCUT2D eigenvalue weighted by Gasteiger charge is -2.29. The highest BCUT2D eigenvalue weighted by Crippen LogP contribution is 2.43. The fraction of sp³-hybridized carbons (Fsp3) is 0.850. The van der Waals surface area contributed by atoms with Crippen LogP contribution in [0.1, 0.15) is 83.5 Å². The number of alkyl halides is 6. The first-order valence-corrected chi connectivity index (χ1v) is 10.1. The van der Waals surface area contributed by atoms with E-state index >= 15 is 0 Å². The molecule has 29 heavy (non-hydrogen) atoms. The summed E-state index contributed by atoms with van der Waals surface area (Å²) in [6.45, 7) is 3.08. The topological polar surface area (TPSA) is 46.5 Å². The maximum absolute atomic E-state index is 12.5. The molecule has 0 spiro atoms. The molecule has 0 saturated heterocycles. The van der Waals surface area contributed by atoms with Gasteiger partial charge in [0, 0.05) is 0 Å². The fourth-order valence-electron chi connectivity index (χ4n) is 2.82. The van der Waals surface area contributed by atoms with Gasteiger partial charge in [0.1, 0.15) is 0 Å². The Labute approximate surface area is 168 Å². The van der Waals surface area contributed by atoms with Crippen molar-refractivity contribution in [2.75, 3.05) is 6.61 Å². The van der Waals surface area contributed by atoms with Gasteiger partial charge in [0.05, 0.1) is 6.61 Å².